The number of rotatable bonds is 11. The van der Waals surface area contributed by atoms with Gasteiger partial charge in [0.1, 0.15) is 17.1 Å². The predicted octanol–water partition coefficient (Wildman–Crippen LogP) is -0.722. The molecular formula is C18H23N5O9S2. The Labute approximate surface area is 195 Å². The van der Waals surface area contributed by atoms with Crippen LogP contribution in [0.3, 0.4) is 0 Å². The van der Waals surface area contributed by atoms with Crippen LogP contribution in [0.1, 0.15) is 21.0 Å². The molecule has 2 aromatic rings. The Kier molecular flexibility index (Phi) is 8.88. The van der Waals surface area contributed by atoms with Crippen LogP contribution in [0.5, 0.6) is 5.75 Å². The number of anilines is 1. The first-order valence-electron chi connectivity index (χ1n) is 9.47. The number of nitrogens with zero attached hydrogens (tertiary/aromatic N) is 1. The van der Waals surface area contributed by atoms with E-state index in [9.17, 15) is 26.4 Å². The van der Waals surface area contributed by atoms with Crippen molar-refractivity contribution in [3.63, 3.8) is 0 Å². The first kappa shape index (κ1) is 26.9. The van der Waals surface area contributed by atoms with E-state index in [1.807, 2.05) is 0 Å². The topological polar surface area (TPSA) is 227 Å². The summed E-state index contributed by atoms with van der Waals surface area (Å²) in [6.45, 7) is -0.825. The van der Waals surface area contributed by atoms with Gasteiger partial charge in [-0.1, -0.05) is 6.07 Å². The Balaban J connectivity index is 2.42. The first-order chi connectivity index (χ1) is 15.8. The zero-order chi connectivity index (χ0) is 25.5. The molecule has 0 saturated carbocycles. The monoisotopic (exact) mass is 517 g/mol. The molecule has 1 aromatic carbocycles. The van der Waals surface area contributed by atoms with E-state index in [4.69, 9.17) is 19.7 Å². The van der Waals surface area contributed by atoms with Gasteiger partial charge in [0.15, 0.2) is 0 Å². The number of hydrogen-bond acceptors (Lipinski definition) is 10. The van der Waals surface area contributed by atoms with Gasteiger partial charge in [-0.3, -0.25) is 24.5 Å². The number of ether oxygens (including phenoxy) is 1. The third kappa shape index (κ3) is 8.23. The van der Waals surface area contributed by atoms with E-state index in [1.54, 1.807) is 18.2 Å². The van der Waals surface area contributed by atoms with Crippen molar-refractivity contribution >= 4 is 37.7 Å². The number of carbonyl (C=O) groups excluding carboxylic acids is 2. The molecule has 1 heterocycles. The minimum atomic E-state index is -4.31. The summed E-state index contributed by atoms with van der Waals surface area (Å²) in [5.74, 6) is 2.67. The van der Waals surface area contributed by atoms with Crippen molar-refractivity contribution in [1.82, 2.24) is 15.6 Å². The smallest absolute Gasteiger partial charge is 0.269 e. The number of carbonyl (C=O) groups is 2. The quantitative estimate of drug-likeness (QED) is 0.123. The van der Waals surface area contributed by atoms with Gasteiger partial charge in [-0.15, -0.1) is 0 Å². The third-order valence-corrected chi connectivity index (χ3v) is 5.71. The van der Waals surface area contributed by atoms with E-state index >= 15 is 0 Å². The van der Waals surface area contributed by atoms with Gasteiger partial charge >= 0.3 is 0 Å². The summed E-state index contributed by atoms with van der Waals surface area (Å²) in [6, 6.07) is 7.45. The Morgan fingerprint density at radius 1 is 0.912 bits per heavy atom. The van der Waals surface area contributed by atoms with Crippen molar-refractivity contribution < 1.29 is 40.3 Å². The first-order valence-corrected chi connectivity index (χ1v) is 12.7. The maximum Gasteiger partial charge on any atom is 0.269 e. The fourth-order valence-corrected chi connectivity index (χ4v) is 3.41. The Bertz CT molecular complexity index is 1210. The second-order valence-electron chi connectivity index (χ2n) is 6.77. The minimum absolute atomic E-state index is 0.257. The lowest BCUT2D eigenvalue weighted by molar-refractivity contribution is 0.0947. The molecule has 0 saturated heterocycles. The van der Waals surface area contributed by atoms with E-state index in [2.05, 4.69) is 21.0 Å². The van der Waals surface area contributed by atoms with Crippen LogP contribution in [0.25, 0.3) is 11.1 Å². The fraction of sp³-hybridized carbons (Fsp3) is 0.278. The van der Waals surface area contributed by atoms with Crippen LogP contribution in [0, 0.1) is 0 Å². The highest BCUT2D eigenvalue weighted by Crippen LogP contribution is 2.30. The Morgan fingerprint density at radius 2 is 1.41 bits per heavy atom. The predicted molar refractivity (Wildman–Crippen MR) is 122 cm³/mol. The number of benzene rings is 1. The molecule has 7 N–H and O–H groups in total. The molecule has 14 nitrogen and oxygen atoms in total. The van der Waals surface area contributed by atoms with Crippen LogP contribution in [0.15, 0.2) is 30.3 Å². The van der Waals surface area contributed by atoms with E-state index in [0.717, 1.165) is 0 Å². The summed E-state index contributed by atoms with van der Waals surface area (Å²) in [5, 5.41) is 4.54. The zero-order valence-corrected chi connectivity index (χ0v) is 19.4. The number of methoxy groups -OCH3 is 1. The molecule has 186 valence electrons. The van der Waals surface area contributed by atoms with Gasteiger partial charge in [0.2, 0.25) is 0 Å². The van der Waals surface area contributed by atoms with Gasteiger partial charge in [0.25, 0.3) is 32.1 Å². The summed E-state index contributed by atoms with van der Waals surface area (Å²) in [6.07, 6.45) is 0. The van der Waals surface area contributed by atoms with Crippen LogP contribution in [0.4, 0.5) is 5.69 Å². The van der Waals surface area contributed by atoms with Crippen molar-refractivity contribution in [2.45, 2.75) is 0 Å². The average Bonchev–Trinajstić information content (AvgIpc) is 2.76. The third-order valence-electron chi connectivity index (χ3n) is 4.27. The molecule has 34 heavy (non-hydrogen) atoms. The summed E-state index contributed by atoms with van der Waals surface area (Å²) in [5.41, 5.74) is 3.24. The molecule has 2 amide bonds. The normalized spacial score (nSPS) is 11.5. The lowest BCUT2D eigenvalue weighted by Gasteiger charge is -2.13. The van der Waals surface area contributed by atoms with Crippen LogP contribution in [-0.2, 0) is 20.2 Å². The number of nitrogens with one attached hydrogen (secondary N) is 3. The molecule has 0 aliphatic heterocycles. The van der Waals surface area contributed by atoms with Crippen molar-refractivity contribution in [2.24, 2.45) is 5.84 Å². The number of amides is 2. The average molecular weight is 518 g/mol. The number of nitrogens with two attached hydrogens (primary N) is 1. The fourth-order valence-electron chi connectivity index (χ4n) is 2.69. The SMILES string of the molecule is COc1cc(-c2cc(C(=O)NCCS(=O)(=O)O)nc(C(=O)NCCS(=O)(=O)O)c2)ccc1NN. The molecule has 0 atom stereocenters. The molecule has 0 radical (unpaired) electrons. The second-order valence-corrected chi connectivity index (χ2v) is 9.91. The molecular weight excluding hydrogens is 494 g/mol. The summed E-state index contributed by atoms with van der Waals surface area (Å²) in [7, 11) is -7.21. The van der Waals surface area contributed by atoms with E-state index < -0.39 is 56.6 Å². The van der Waals surface area contributed by atoms with Crippen LogP contribution in [0.2, 0.25) is 0 Å². The largest absolute Gasteiger partial charge is 0.495 e. The van der Waals surface area contributed by atoms with Crippen LogP contribution >= 0.6 is 0 Å². The molecule has 1 aromatic heterocycles. The zero-order valence-electron chi connectivity index (χ0n) is 17.8. The van der Waals surface area contributed by atoms with Crippen LogP contribution < -0.4 is 26.6 Å². The van der Waals surface area contributed by atoms with Gasteiger partial charge in [-0.05, 0) is 35.4 Å². The number of pyridine rings is 1. The number of hydrogen-bond donors (Lipinski definition) is 6. The maximum absolute atomic E-state index is 12.5. The molecule has 0 aliphatic rings. The van der Waals surface area contributed by atoms with Crippen LogP contribution in [-0.4, -0.2) is 74.4 Å². The standard InChI is InChI=1S/C18H23N5O9S2/c1-32-16-10-11(2-3-13(16)23-19)12-8-14(17(24)20-4-6-33(26,27)28)22-15(9-12)18(25)21-5-7-34(29,30)31/h2-3,8-10,23H,4-7,19H2,1H3,(H,20,24)(H,21,25)(H,26,27,28)(H,29,30,31). The molecule has 0 spiro atoms. The highest BCUT2D eigenvalue weighted by atomic mass is 32.2. The van der Waals surface area contributed by atoms with Crippen molar-refractivity contribution in [1.29, 1.82) is 0 Å². The molecule has 0 aliphatic carbocycles. The van der Waals surface area contributed by atoms with Gasteiger partial charge in [0, 0.05) is 13.1 Å². The maximum atomic E-state index is 12.5. The summed E-state index contributed by atoms with van der Waals surface area (Å²) in [4.78, 5) is 29.0. The molecule has 16 heteroatoms. The van der Waals surface area contributed by atoms with Crippen molar-refractivity contribution in [3.8, 4) is 16.9 Å². The number of nitrogen functional groups attached to an aromatic ring is 1. The lowest BCUT2D eigenvalue weighted by Crippen LogP contribution is -2.32. The lowest BCUT2D eigenvalue weighted by atomic mass is 10.0. The van der Waals surface area contributed by atoms with Gasteiger partial charge in [-0.2, -0.15) is 16.8 Å². The van der Waals surface area contributed by atoms with E-state index in [-0.39, 0.29) is 11.4 Å². The number of aromatic nitrogens is 1. The summed E-state index contributed by atoms with van der Waals surface area (Å²) < 4.78 is 66.3. The molecule has 0 unspecified atom stereocenters. The van der Waals surface area contributed by atoms with E-state index in [1.165, 1.54) is 19.2 Å². The molecule has 2 rings (SSSR count). The Hall–Kier alpha value is -3.31. The van der Waals surface area contributed by atoms with Gasteiger partial charge in [0.05, 0.1) is 24.3 Å². The van der Waals surface area contributed by atoms with Crippen molar-refractivity contribution in [3.05, 3.63) is 41.7 Å². The highest BCUT2D eigenvalue weighted by Gasteiger charge is 2.18. The second kappa shape index (κ2) is 11.2. The van der Waals surface area contributed by atoms with Gasteiger partial charge < -0.3 is 20.8 Å². The molecule has 0 bridgehead atoms. The van der Waals surface area contributed by atoms with E-state index in [0.29, 0.717) is 22.6 Å². The summed E-state index contributed by atoms with van der Waals surface area (Å²) >= 11 is 0. The number of hydrazine groups is 1. The minimum Gasteiger partial charge on any atom is -0.495 e. The van der Waals surface area contributed by atoms with Crippen molar-refractivity contribution in [2.75, 3.05) is 37.1 Å². The Morgan fingerprint density at radius 3 is 1.82 bits per heavy atom. The van der Waals surface area contributed by atoms with Gasteiger partial charge in [-0.25, -0.2) is 4.98 Å². The highest BCUT2D eigenvalue weighted by molar-refractivity contribution is 7.86. The molecule has 0 fully saturated rings.